The van der Waals surface area contributed by atoms with Crippen LogP contribution in [-0.2, 0) is 17.8 Å². The van der Waals surface area contributed by atoms with E-state index in [0.717, 1.165) is 24.5 Å². The van der Waals surface area contributed by atoms with E-state index in [0.29, 0.717) is 25.7 Å². The first kappa shape index (κ1) is 15.7. The fourth-order valence-corrected chi connectivity index (χ4v) is 1.98. The lowest BCUT2D eigenvalue weighted by Crippen LogP contribution is -2.21. The Morgan fingerprint density at radius 2 is 2.29 bits per heavy atom. The topological polar surface area (TPSA) is 69.8 Å². The van der Waals surface area contributed by atoms with Crippen LogP contribution in [0, 0.1) is 0 Å². The van der Waals surface area contributed by atoms with Gasteiger partial charge in [-0.2, -0.15) is 10.2 Å². The number of hydrogen-bond acceptors (Lipinski definition) is 5. The average molecular weight is 292 g/mol. The molecule has 0 fully saturated rings. The van der Waals surface area contributed by atoms with Crippen molar-refractivity contribution in [3.8, 4) is 0 Å². The highest BCUT2D eigenvalue weighted by molar-refractivity contribution is 5.01. The van der Waals surface area contributed by atoms with Crippen molar-refractivity contribution in [1.29, 1.82) is 0 Å². The molecule has 0 aliphatic rings. The normalized spacial score (nSPS) is 12.7. The number of nitrogens with one attached hydrogen (secondary N) is 1. The molecule has 0 saturated carbocycles. The summed E-state index contributed by atoms with van der Waals surface area (Å²) in [5, 5.41) is 12.1. The second-order valence-electron chi connectivity index (χ2n) is 5.05. The summed E-state index contributed by atoms with van der Waals surface area (Å²) in [5.41, 5.74) is 0.999. The van der Waals surface area contributed by atoms with Crippen LogP contribution in [0.1, 0.15) is 37.8 Å². The summed E-state index contributed by atoms with van der Waals surface area (Å²) in [6.45, 7) is 7.13. The molecule has 0 aliphatic carbocycles. The molecule has 7 heteroatoms. The highest BCUT2D eigenvalue weighted by atomic mass is 16.5. The van der Waals surface area contributed by atoms with Gasteiger partial charge in [-0.1, -0.05) is 6.92 Å². The maximum Gasteiger partial charge on any atom is 0.141 e. The molecule has 21 heavy (non-hydrogen) atoms. The van der Waals surface area contributed by atoms with Crippen LogP contribution in [0.25, 0.3) is 0 Å². The molecule has 0 bridgehead atoms. The molecule has 0 spiro atoms. The molecule has 2 rings (SSSR count). The van der Waals surface area contributed by atoms with Crippen LogP contribution >= 0.6 is 0 Å². The number of aromatic nitrogens is 5. The summed E-state index contributed by atoms with van der Waals surface area (Å²) >= 11 is 0. The number of rotatable bonds is 9. The van der Waals surface area contributed by atoms with Crippen molar-refractivity contribution in [2.45, 2.75) is 39.4 Å². The molecule has 0 saturated heterocycles. The van der Waals surface area contributed by atoms with Crippen molar-refractivity contribution in [2.75, 3.05) is 20.3 Å². The summed E-state index contributed by atoms with van der Waals surface area (Å²) in [4.78, 5) is 4.28. The molecule has 1 atom stereocenters. The summed E-state index contributed by atoms with van der Waals surface area (Å²) in [5.74, 6) is 0.907. The molecule has 0 aromatic carbocycles. The van der Waals surface area contributed by atoms with Crippen LogP contribution in [-0.4, -0.2) is 44.8 Å². The smallest absolute Gasteiger partial charge is 0.141 e. The van der Waals surface area contributed by atoms with Gasteiger partial charge in [0.2, 0.25) is 0 Å². The summed E-state index contributed by atoms with van der Waals surface area (Å²) in [7, 11) is 1.69. The molecule has 116 valence electrons. The highest BCUT2D eigenvalue weighted by Crippen LogP contribution is 2.10. The zero-order valence-electron chi connectivity index (χ0n) is 13.0. The number of nitrogens with zero attached hydrogens (tertiary/aromatic N) is 5. The van der Waals surface area contributed by atoms with E-state index < -0.39 is 0 Å². The predicted octanol–water partition coefficient (Wildman–Crippen LogP) is 1.23. The van der Waals surface area contributed by atoms with E-state index in [2.05, 4.69) is 34.3 Å². The molecule has 2 aromatic heterocycles. The standard InChI is InChI=1S/C14H24N6O/c1-4-12(2)19-7-5-13(18-19)10-20-14(16-11-17-20)9-15-6-8-21-3/h5,7,11-12,15H,4,6,8-10H2,1-3H3. The van der Waals surface area contributed by atoms with Gasteiger partial charge in [0, 0.05) is 25.9 Å². The van der Waals surface area contributed by atoms with E-state index in [-0.39, 0.29) is 0 Å². The lowest BCUT2D eigenvalue weighted by Gasteiger charge is -2.08. The third-order valence-electron chi connectivity index (χ3n) is 3.48. The van der Waals surface area contributed by atoms with Gasteiger partial charge in [0.1, 0.15) is 12.2 Å². The predicted molar refractivity (Wildman–Crippen MR) is 79.9 cm³/mol. The number of hydrogen-bond donors (Lipinski definition) is 1. The van der Waals surface area contributed by atoms with Gasteiger partial charge in [-0.15, -0.1) is 0 Å². The van der Waals surface area contributed by atoms with Crippen molar-refractivity contribution in [2.24, 2.45) is 0 Å². The quantitative estimate of drug-likeness (QED) is 0.704. The van der Waals surface area contributed by atoms with Gasteiger partial charge in [-0.25, -0.2) is 9.67 Å². The molecule has 2 heterocycles. The average Bonchev–Trinajstić information content (AvgIpc) is 3.13. The second-order valence-corrected chi connectivity index (χ2v) is 5.05. The molecule has 7 nitrogen and oxygen atoms in total. The van der Waals surface area contributed by atoms with Crippen molar-refractivity contribution < 1.29 is 4.74 Å². The molecular formula is C14H24N6O. The molecule has 2 aromatic rings. The largest absolute Gasteiger partial charge is 0.383 e. The molecule has 0 amide bonds. The Morgan fingerprint density at radius 3 is 3.05 bits per heavy atom. The fourth-order valence-electron chi connectivity index (χ4n) is 1.98. The minimum absolute atomic E-state index is 0.421. The molecule has 1 unspecified atom stereocenters. The van der Waals surface area contributed by atoms with Crippen LogP contribution in [0.15, 0.2) is 18.6 Å². The van der Waals surface area contributed by atoms with Gasteiger partial charge in [0.15, 0.2) is 0 Å². The van der Waals surface area contributed by atoms with Crippen LogP contribution < -0.4 is 5.32 Å². The van der Waals surface area contributed by atoms with Gasteiger partial charge in [-0.3, -0.25) is 4.68 Å². The van der Waals surface area contributed by atoms with Crippen molar-refractivity contribution >= 4 is 0 Å². The van der Waals surface area contributed by atoms with E-state index in [4.69, 9.17) is 4.74 Å². The zero-order valence-corrected chi connectivity index (χ0v) is 13.0. The van der Waals surface area contributed by atoms with E-state index in [1.54, 1.807) is 13.4 Å². The highest BCUT2D eigenvalue weighted by Gasteiger charge is 2.08. The van der Waals surface area contributed by atoms with Gasteiger partial charge in [0.05, 0.1) is 25.4 Å². The first-order valence-electron chi connectivity index (χ1n) is 7.35. The SMILES string of the molecule is CCC(C)n1ccc(Cn2ncnc2CNCCOC)n1. The molecule has 0 radical (unpaired) electrons. The van der Waals surface area contributed by atoms with Crippen LogP contribution in [0.4, 0.5) is 0 Å². The van der Waals surface area contributed by atoms with E-state index in [9.17, 15) is 0 Å². The minimum atomic E-state index is 0.421. The molecular weight excluding hydrogens is 268 g/mol. The Labute approximate surface area is 125 Å². The van der Waals surface area contributed by atoms with E-state index >= 15 is 0 Å². The van der Waals surface area contributed by atoms with E-state index in [1.807, 2.05) is 21.6 Å². The van der Waals surface area contributed by atoms with Gasteiger partial charge >= 0.3 is 0 Å². The van der Waals surface area contributed by atoms with Crippen LogP contribution in [0.5, 0.6) is 0 Å². The summed E-state index contributed by atoms with van der Waals surface area (Å²) in [6.07, 6.45) is 4.68. The Balaban J connectivity index is 1.93. The maximum atomic E-state index is 5.00. The lowest BCUT2D eigenvalue weighted by atomic mass is 10.3. The van der Waals surface area contributed by atoms with Crippen molar-refractivity contribution in [3.63, 3.8) is 0 Å². The Morgan fingerprint density at radius 1 is 1.43 bits per heavy atom. The van der Waals surface area contributed by atoms with Gasteiger partial charge in [-0.05, 0) is 19.4 Å². The third-order valence-corrected chi connectivity index (χ3v) is 3.48. The monoisotopic (exact) mass is 292 g/mol. The number of methoxy groups -OCH3 is 1. The van der Waals surface area contributed by atoms with Gasteiger partial charge in [0.25, 0.3) is 0 Å². The van der Waals surface area contributed by atoms with Crippen molar-refractivity contribution in [3.05, 3.63) is 30.1 Å². The minimum Gasteiger partial charge on any atom is -0.383 e. The first-order valence-corrected chi connectivity index (χ1v) is 7.35. The molecule has 1 N–H and O–H groups in total. The Kier molecular flexibility index (Phi) is 5.89. The second kappa shape index (κ2) is 7.90. The third kappa shape index (κ3) is 4.37. The summed E-state index contributed by atoms with van der Waals surface area (Å²) in [6, 6.07) is 2.46. The zero-order chi connectivity index (χ0) is 15.1. The van der Waals surface area contributed by atoms with Crippen molar-refractivity contribution in [1.82, 2.24) is 29.9 Å². The van der Waals surface area contributed by atoms with Crippen LogP contribution in [0.3, 0.4) is 0 Å². The maximum absolute atomic E-state index is 5.00. The first-order chi connectivity index (χ1) is 10.2. The van der Waals surface area contributed by atoms with Crippen LogP contribution in [0.2, 0.25) is 0 Å². The Hall–Kier alpha value is -1.73. The summed E-state index contributed by atoms with van der Waals surface area (Å²) < 4.78 is 8.89. The molecule has 0 aliphatic heterocycles. The lowest BCUT2D eigenvalue weighted by molar-refractivity contribution is 0.198. The van der Waals surface area contributed by atoms with Gasteiger partial charge < -0.3 is 10.1 Å². The van der Waals surface area contributed by atoms with E-state index in [1.165, 1.54) is 0 Å². The Bertz CT molecular complexity index is 535. The number of ether oxygens (including phenoxy) is 1. The fraction of sp³-hybridized carbons (Fsp3) is 0.643.